The third kappa shape index (κ3) is 3.32. The van der Waals surface area contributed by atoms with Gasteiger partial charge in [0, 0.05) is 12.4 Å². The minimum Gasteiger partial charge on any atom is -0.323 e. The van der Waals surface area contributed by atoms with Crippen LogP contribution < -0.4 is 10.9 Å². The maximum atomic E-state index is 12.4. The number of hydrogen-bond donors (Lipinski definition) is 1. The minimum absolute atomic E-state index is 0.126. The predicted octanol–water partition coefficient (Wildman–Crippen LogP) is 1.92. The van der Waals surface area contributed by atoms with E-state index in [4.69, 9.17) is 0 Å². The highest BCUT2D eigenvalue weighted by Crippen LogP contribution is 2.11. The number of fused-ring (bicyclic) bond motifs is 1. The molecule has 0 aliphatic carbocycles. The van der Waals surface area contributed by atoms with Gasteiger partial charge in [0.1, 0.15) is 18.2 Å². The fraction of sp³-hybridized carbons (Fsp3) is 0.105. The summed E-state index contributed by atoms with van der Waals surface area (Å²) in [4.78, 5) is 37.4. The molecule has 27 heavy (non-hydrogen) atoms. The van der Waals surface area contributed by atoms with Crippen molar-refractivity contribution in [1.29, 1.82) is 0 Å². The van der Waals surface area contributed by atoms with E-state index in [1.54, 1.807) is 42.7 Å². The predicted molar refractivity (Wildman–Crippen MR) is 101 cm³/mol. The van der Waals surface area contributed by atoms with Crippen molar-refractivity contribution >= 4 is 22.5 Å². The van der Waals surface area contributed by atoms with Gasteiger partial charge in [0.25, 0.3) is 5.56 Å². The lowest BCUT2D eigenvalue weighted by atomic mass is 10.2. The molecule has 1 N–H and O–H groups in total. The first-order valence-electron chi connectivity index (χ1n) is 8.32. The van der Waals surface area contributed by atoms with Gasteiger partial charge in [0.15, 0.2) is 0 Å². The van der Waals surface area contributed by atoms with Crippen LogP contribution in [0.3, 0.4) is 0 Å². The molecule has 0 fully saturated rings. The highest BCUT2D eigenvalue weighted by atomic mass is 16.2. The Morgan fingerprint density at radius 3 is 2.70 bits per heavy atom. The van der Waals surface area contributed by atoms with Gasteiger partial charge < -0.3 is 5.32 Å². The van der Waals surface area contributed by atoms with E-state index < -0.39 is 0 Å². The Hall–Kier alpha value is -3.81. The first-order valence-corrected chi connectivity index (χ1v) is 8.32. The molecule has 8 heteroatoms. The van der Waals surface area contributed by atoms with E-state index >= 15 is 0 Å². The van der Waals surface area contributed by atoms with E-state index in [2.05, 4.69) is 20.3 Å². The van der Waals surface area contributed by atoms with E-state index in [-0.39, 0.29) is 18.0 Å². The van der Waals surface area contributed by atoms with Crippen LogP contribution in [0.15, 0.2) is 66.1 Å². The Bertz CT molecular complexity index is 1180. The molecule has 0 spiro atoms. The largest absolute Gasteiger partial charge is 0.323 e. The molecule has 0 bridgehead atoms. The second-order valence-corrected chi connectivity index (χ2v) is 5.99. The summed E-state index contributed by atoms with van der Waals surface area (Å²) in [5.74, 6) is 1.20. The van der Waals surface area contributed by atoms with Crippen molar-refractivity contribution in [3.63, 3.8) is 0 Å². The standard InChI is InChI=1S/C19H16N6O2/c1-13-20-8-9-25(13)17-7-6-14(10-21-17)23-18(26)11-24-12-22-16-5-3-2-4-15(16)19(24)27/h2-10,12H,11H2,1H3,(H,23,26). The van der Waals surface area contributed by atoms with E-state index in [1.807, 2.05) is 23.8 Å². The third-order valence-corrected chi connectivity index (χ3v) is 4.15. The summed E-state index contributed by atoms with van der Waals surface area (Å²) in [5, 5.41) is 3.22. The van der Waals surface area contributed by atoms with Crippen LogP contribution in [0.1, 0.15) is 5.82 Å². The molecule has 4 rings (SSSR count). The molecule has 0 atom stereocenters. The lowest BCUT2D eigenvalue weighted by Gasteiger charge is -2.09. The number of pyridine rings is 1. The summed E-state index contributed by atoms with van der Waals surface area (Å²) in [7, 11) is 0. The number of anilines is 1. The highest BCUT2D eigenvalue weighted by Gasteiger charge is 2.09. The lowest BCUT2D eigenvalue weighted by Crippen LogP contribution is -2.27. The van der Waals surface area contributed by atoms with Gasteiger partial charge in [0.05, 0.1) is 29.1 Å². The average Bonchev–Trinajstić information content (AvgIpc) is 3.11. The number of imidazole rings is 1. The van der Waals surface area contributed by atoms with E-state index in [9.17, 15) is 9.59 Å². The Morgan fingerprint density at radius 2 is 1.96 bits per heavy atom. The Kier molecular flexibility index (Phi) is 4.21. The van der Waals surface area contributed by atoms with Crippen molar-refractivity contribution in [2.75, 3.05) is 5.32 Å². The normalized spacial score (nSPS) is 10.9. The van der Waals surface area contributed by atoms with Crippen molar-refractivity contribution in [2.45, 2.75) is 13.5 Å². The summed E-state index contributed by atoms with van der Waals surface area (Å²) < 4.78 is 3.13. The summed E-state index contributed by atoms with van der Waals surface area (Å²) in [6, 6.07) is 10.6. The van der Waals surface area contributed by atoms with Crippen LogP contribution in [-0.4, -0.2) is 30.0 Å². The fourth-order valence-corrected chi connectivity index (χ4v) is 2.80. The summed E-state index contributed by atoms with van der Waals surface area (Å²) >= 11 is 0. The number of para-hydroxylation sites is 1. The molecule has 0 unspecified atom stereocenters. The number of carbonyl (C=O) groups is 1. The maximum absolute atomic E-state index is 12.4. The van der Waals surface area contributed by atoms with Gasteiger partial charge in [-0.25, -0.2) is 15.0 Å². The molecule has 0 aliphatic rings. The molecule has 1 aromatic carbocycles. The fourth-order valence-electron chi connectivity index (χ4n) is 2.80. The number of aromatic nitrogens is 5. The second-order valence-electron chi connectivity index (χ2n) is 5.99. The van der Waals surface area contributed by atoms with Gasteiger partial charge in [-0.3, -0.25) is 18.7 Å². The van der Waals surface area contributed by atoms with E-state index in [1.165, 1.54) is 10.9 Å². The second kappa shape index (κ2) is 6.83. The molecular formula is C19H16N6O2. The molecular weight excluding hydrogens is 344 g/mol. The molecule has 4 aromatic rings. The molecule has 0 saturated heterocycles. The van der Waals surface area contributed by atoms with Crippen LogP contribution >= 0.6 is 0 Å². The third-order valence-electron chi connectivity index (χ3n) is 4.15. The Balaban J connectivity index is 1.49. The van der Waals surface area contributed by atoms with Crippen molar-refractivity contribution in [3.05, 3.63) is 77.5 Å². The zero-order valence-electron chi connectivity index (χ0n) is 14.5. The van der Waals surface area contributed by atoms with Gasteiger partial charge in [-0.1, -0.05) is 12.1 Å². The zero-order chi connectivity index (χ0) is 18.8. The van der Waals surface area contributed by atoms with Crippen LogP contribution in [-0.2, 0) is 11.3 Å². The Morgan fingerprint density at radius 1 is 1.11 bits per heavy atom. The van der Waals surface area contributed by atoms with Crippen LogP contribution in [0.4, 0.5) is 5.69 Å². The van der Waals surface area contributed by atoms with Gasteiger partial charge in [-0.2, -0.15) is 0 Å². The summed E-state index contributed by atoms with van der Waals surface area (Å²) in [6.07, 6.45) is 6.46. The van der Waals surface area contributed by atoms with Gasteiger partial charge in [-0.15, -0.1) is 0 Å². The molecule has 8 nitrogen and oxygen atoms in total. The van der Waals surface area contributed by atoms with Gasteiger partial charge >= 0.3 is 0 Å². The van der Waals surface area contributed by atoms with Gasteiger partial charge in [-0.05, 0) is 31.2 Å². The molecule has 0 aliphatic heterocycles. The van der Waals surface area contributed by atoms with Crippen LogP contribution in [0.5, 0.6) is 0 Å². The minimum atomic E-state index is -0.331. The summed E-state index contributed by atoms with van der Waals surface area (Å²) in [6.45, 7) is 1.76. The monoisotopic (exact) mass is 360 g/mol. The molecule has 0 saturated carbocycles. The van der Waals surface area contributed by atoms with Crippen LogP contribution in [0, 0.1) is 6.92 Å². The lowest BCUT2D eigenvalue weighted by molar-refractivity contribution is -0.116. The van der Waals surface area contributed by atoms with E-state index in [0.717, 1.165) is 5.82 Å². The molecule has 1 amide bonds. The number of carbonyl (C=O) groups excluding carboxylic acids is 1. The van der Waals surface area contributed by atoms with Crippen LogP contribution in [0.25, 0.3) is 16.7 Å². The maximum Gasteiger partial charge on any atom is 0.261 e. The average molecular weight is 360 g/mol. The first kappa shape index (κ1) is 16.6. The van der Waals surface area contributed by atoms with Crippen LogP contribution in [0.2, 0.25) is 0 Å². The quantitative estimate of drug-likeness (QED) is 0.600. The van der Waals surface area contributed by atoms with Crippen molar-refractivity contribution in [3.8, 4) is 5.82 Å². The number of nitrogens with one attached hydrogen (secondary N) is 1. The highest BCUT2D eigenvalue weighted by molar-refractivity contribution is 5.90. The number of hydrogen-bond acceptors (Lipinski definition) is 5. The topological polar surface area (TPSA) is 94.7 Å². The number of nitrogens with zero attached hydrogens (tertiary/aromatic N) is 5. The number of rotatable bonds is 4. The zero-order valence-corrected chi connectivity index (χ0v) is 14.5. The number of aryl methyl sites for hydroxylation is 1. The Labute approximate surface area is 154 Å². The molecule has 0 radical (unpaired) electrons. The summed E-state index contributed by atoms with van der Waals surface area (Å²) in [5.41, 5.74) is 0.900. The molecule has 134 valence electrons. The number of benzene rings is 1. The van der Waals surface area contributed by atoms with Crippen molar-refractivity contribution < 1.29 is 4.79 Å². The van der Waals surface area contributed by atoms with Gasteiger partial charge in [0.2, 0.25) is 5.91 Å². The SMILES string of the molecule is Cc1nccn1-c1ccc(NC(=O)Cn2cnc3ccccc3c2=O)cn1. The molecule has 3 aromatic heterocycles. The number of amides is 1. The van der Waals surface area contributed by atoms with E-state index in [0.29, 0.717) is 22.4 Å². The molecule has 3 heterocycles. The van der Waals surface area contributed by atoms with Crippen molar-refractivity contribution in [2.24, 2.45) is 0 Å². The first-order chi connectivity index (χ1) is 13.1. The van der Waals surface area contributed by atoms with Crippen molar-refractivity contribution in [1.82, 2.24) is 24.1 Å². The smallest absolute Gasteiger partial charge is 0.261 e.